The lowest BCUT2D eigenvalue weighted by atomic mass is 9.87. The van der Waals surface area contributed by atoms with Crippen LogP contribution in [0.4, 0.5) is 5.69 Å². The quantitative estimate of drug-likeness (QED) is 0.838. The second kappa shape index (κ2) is 7.71. The molecule has 29 heavy (non-hydrogen) atoms. The average molecular weight is 413 g/mol. The highest BCUT2D eigenvalue weighted by Crippen LogP contribution is 2.35. The maximum absolute atomic E-state index is 12.8. The number of carbonyl (C=O) groups excluding carboxylic acids is 2. The molecule has 1 aromatic carbocycles. The second-order valence-corrected chi connectivity index (χ2v) is 8.98. The van der Waals surface area contributed by atoms with Gasteiger partial charge in [-0.1, -0.05) is 0 Å². The first-order valence-electron chi connectivity index (χ1n) is 10.3. The molecule has 0 radical (unpaired) electrons. The number of ether oxygens (including phenoxy) is 2. The molecule has 2 amide bonds. The number of amides is 2. The van der Waals surface area contributed by atoms with Crippen molar-refractivity contribution in [1.82, 2.24) is 4.90 Å². The van der Waals surface area contributed by atoms with Crippen LogP contribution in [0.3, 0.4) is 0 Å². The fourth-order valence-electron chi connectivity index (χ4n) is 4.29. The van der Waals surface area contributed by atoms with E-state index in [2.05, 4.69) is 5.32 Å². The molecule has 2 aromatic rings. The van der Waals surface area contributed by atoms with Crippen LogP contribution in [0.2, 0.25) is 0 Å². The number of rotatable bonds is 3. The second-order valence-electron chi connectivity index (χ2n) is 7.85. The van der Waals surface area contributed by atoms with Gasteiger partial charge in [-0.2, -0.15) is 0 Å². The first-order chi connectivity index (χ1) is 14.2. The number of aryl methyl sites for hydroxylation is 1. The first kappa shape index (κ1) is 18.5. The predicted molar refractivity (Wildman–Crippen MR) is 111 cm³/mol. The van der Waals surface area contributed by atoms with Gasteiger partial charge in [0, 0.05) is 35.6 Å². The Bertz CT molecular complexity index is 948. The maximum atomic E-state index is 12.8. The van der Waals surface area contributed by atoms with Crippen molar-refractivity contribution in [3.63, 3.8) is 0 Å². The van der Waals surface area contributed by atoms with E-state index >= 15 is 0 Å². The van der Waals surface area contributed by atoms with E-state index in [9.17, 15) is 9.59 Å². The standard InChI is InChI=1S/C22H24N2O4S/c25-21(23-16-4-5-17-18(13-16)28-10-9-27-17)14-3-6-19-15(11-14)12-20(29-19)22(26)24-7-1-2-8-24/h4-5,12-14H,1-3,6-11H2,(H,23,25). The third-order valence-corrected chi connectivity index (χ3v) is 7.09. The summed E-state index contributed by atoms with van der Waals surface area (Å²) in [6, 6.07) is 7.51. The number of thiophene rings is 1. The molecule has 3 aliphatic rings. The topological polar surface area (TPSA) is 67.9 Å². The van der Waals surface area contributed by atoms with Crippen molar-refractivity contribution in [3.8, 4) is 11.5 Å². The highest BCUT2D eigenvalue weighted by atomic mass is 32.1. The summed E-state index contributed by atoms with van der Waals surface area (Å²) in [5, 5.41) is 3.02. The Kier molecular flexibility index (Phi) is 4.91. The molecule has 1 saturated heterocycles. The fourth-order valence-corrected chi connectivity index (χ4v) is 5.47. The molecule has 1 aromatic heterocycles. The van der Waals surface area contributed by atoms with Crippen molar-refractivity contribution in [2.24, 2.45) is 5.92 Å². The van der Waals surface area contributed by atoms with E-state index < -0.39 is 0 Å². The van der Waals surface area contributed by atoms with Crippen molar-refractivity contribution in [2.75, 3.05) is 31.6 Å². The molecule has 1 fully saturated rings. The van der Waals surface area contributed by atoms with Gasteiger partial charge < -0.3 is 19.7 Å². The molecule has 6 nitrogen and oxygen atoms in total. The van der Waals surface area contributed by atoms with Crippen molar-refractivity contribution >= 4 is 28.8 Å². The molecule has 2 aliphatic heterocycles. The molecule has 5 rings (SSSR count). The minimum atomic E-state index is -0.0833. The number of nitrogens with zero attached hydrogens (tertiary/aromatic N) is 1. The van der Waals surface area contributed by atoms with Gasteiger partial charge in [0.1, 0.15) is 13.2 Å². The third kappa shape index (κ3) is 3.71. The maximum Gasteiger partial charge on any atom is 0.263 e. The van der Waals surface area contributed by atoms with Gasteiger partial charge in [-0.3, -0.25) is 9.59 Å². The smallest absolute Gasteiger partial charge is 0.263 e. The lowest BCUT2D eigenvalue weighted by Gasteiger charge is -2.22. The summed E-state index contributed by atoms with van der Waals surface area (Å²) in [6.45, 7) is 2.79. The van der Waals surface area contributed by atoms with Crippen molar-refractivity contribution in [2.45, 2.75) is 32.1 Å². The number of carbonyl (C=O) groups is 2. The summed E-state index contributed by atoms with van der Waals surface area (Å²) >= 11 is 1.61. The minimum Gasteiger partial charge on any atom is -0.486 e. The summed E-state index contributed by atoms with van der Waals surface area (Å²) in [5.74, 6) is 1.47. The zero-order valence-corrected chi connectivity index (χ0v) is 17.1. The highest BCUT2D eigenvalue weighted by molar-refractivity contribution is 7.14. The van der Waals surface area contributed by atoms with Gasteiger partial charge in [0.05, 0.1) is 4.88 Å². The zero-order valence-electron chi connectivity index (χ0n) is 16.2. The molecule has 1 atom stereocenters. The summed E-state index contributed by atoms with van der Waals surface area (Å²) < 4.78 is 11.1. The van der Waals surface area contributed by atoms with Crippen LogP contribution < -0.4 is 14.8 Å². The number of fused-ring (bicyclic) bond motifs is 2. The van der Waals surface area contributed by atoms with E-state index in [0.29, 0.717) is 31.1 Å². The van der Waals surface area contributed by atoms with E-state index in [4.69, 9.17) is 9.47 Å². The normalized spacial score (nSPS) is 20.3. The van der Waals surface area contributed by atoms with E-state index in [1.165, 1.54) is 4.88 Å². The average Bonchev–Trinajstić information content (AvgIpc) is 3.42. The molecule has 0 saturated carbocycles. The lowest BCUT2D eigenvalue weighted by Crippen LogP contribution is -2.27. The van der Waals surface area contributed by atoms with Crippen LogP contribution in [-0.2, 0) is 17.6 Å². The summed E-state index contributed by atoms with van der Waals surface area (Å²) in [5.41, 5.74) is 1.88. The Morgan fingerprint density at radius 2 is 1.86 bits per heavy atom. The molecule has 7 heteroatoms. The van der Waals surface area contributed by atoms with E-state index in [-0.39, 0.29) is 17.7 Å². The Morgan fingerprint density at radius 3 is 2.69 bits per heavy atom. The summed E-state index contributed by atoms with van der Waals surface area (Å²) in [6.07, 6.45) is 4.54. The van der Waals surface area contributed by atoms with Gasteiger partial charge in [-0.15, -0.1) is 11.3 Å². The number of nitrogens with one attached hydrogen (secondary N) is 1. The Hall–Kier alpha value is -2.54. The van der Waals surface area contributed by atoms with E-state index in [1.54, 1.807) is 11.3 Å². The van der Waals surface area contributed by atoms with Crippen LogP contribution >= 0.6 is 11.3 Å². The highest BCUT2D eigenvalue weighted by Gasteiger charge is 2.29. The largest absolute Gasteiger partial charge is 0.486 e. The molecule has 3 heterocycles. The van der Waals surface area contributed by atoms with Crippen molar-refractivity contribution < 1.29 is 19.1 Å². The monoisotopic (exact) mass is 412 g/mol. The summed E-state index contributed by atoms with van der Waals surface area (Å²) in [4.78, 5) is 29.5. The molecule has 1 unspecified atom stereocenters. The molecular formula is C22H24N2O4S. The molecule has 152 valence electrons. The van der Waals surface area contributed by atoms with Gasteiger partial charge in [-0.05, 0) is 55.9 Å². The molecule has 1 aliphatic carbocycles. The Labute approximate surface area is 173 Å². The lowest BCUT2D eigenvalue weighted by molar-refractivity contribution is -0.120. The number of anilines is 1. The van der Waals surface area contributed by atoms with Gasteiger partial charge in [0.15, 0.2) is 11.5 Å². The molecular weight excluding hydrogens is 388 g/mol. The minimum absolute atomic E-state index is 0.0194. The van der Waals surface area contributed by atoms with Crippen LogP contribution in [-0.4, -0.2) is 43.0 Å². The van der Waals surface area contributed by atoms with Crippen LogP contribution in [0, 0.1) is 5.92 Å². The number of hydrogen-bond donors (Lipinski definition) is 1. The first-order valence-corrected chi connectivity index (χ1v) is 11.1. The number of hydrogen-bond acceptors (Lipinski definition) is 5. The van der Waals surface area contributed by atoms with Crippen LogP contribution in [0.15, 0.2) is 24.3 Å². The third-order valence-electron chi connectivity index (χ3n) is 5.87. The Balaban J connectivity index is 1.25. The predicted octanol–water partition coefficient (Wildman–Crippen LogP) is 3.50. The van der Waals surface area contributed by atoms with E-state index in [0.717, 1.165) is 54.9 Å². The van der Waals surface area contributed by atoms with Crippen LogP contribution in [0.1, 0.15) is 39.4 Å². The van der Waals surface area contributed by atoms with Gasteiger partial charge in [0.2, 0.25) is 5.91 Å². The van der Waals surface area contributed by atoms with Crippen molar-refractivity contribution in [1.29, 1.82) is 0 Å². The van der Waals surface area contributed by atoms with Gasteiger partial charge in [-0.25, -0.2) is 0 Å². The zero-order chi connectivity index (χ0) is 19.8. The van der Waals surface area contributed by atoms with Gasteiger partial charge in [0.25, 0.3) is 5.91 Å². The van der Waals surface area contributed by atoms with E-state index in [1.807, 2.05) is 29.2 Å². The molecule has 1 N–H and O–H groups in total. The van der Waals surface area contributed by atoms with Crippen molar-refractivity contribution in [3.05, 3.63) is 39.6 Å². The van der Waals surface area contributed by atoms with Gasteiger partial charge >= 0.3 is 0 Å². The van der Waals surface area contributed by atoms with Crippen LogP contribution in [0.25, 0.3) is 0 Å². The molecule has 0 bridgehead atoms. The molecule has 0 spiro atoms. The number of benzene rings is 1. The van der Waals surface area contributed by atoms with Crippen LogP contribution in [0.5, 0.6) is 11.5 Å². The SMILES string of the molecule is O=C(Nc1ccc2c(c1)OCCO2)C1CCc2sc(C(=O)N3CCCC3)cc2C1. The Morgan fingerprint density at radius 1 is 1.07 bits per heavy atom. The number of likely N-dealkylation sites (tertiary alicyclic amines) is 1. The fraction of sp³-hybridized carbons (Fsp3) is 0.455. The summed E-state index contributed by atoms with van der Waals surface area (Å²) in [7, 11) is 0.